The summed E-state index contributed by atoms with van der Waals surface area (Å²) in [5.41, 5.74) is 0. The molecular weight excluding hydrogens is 179 g/mol. The standard InChI is InChI=1S/C9H14F3N/c1-3-8(2)13-7-5-4-6-9(10,11)12/h1,8,13H,4-7H2,2H3. The molecule has 0 spiro atoms. The van der Waals surface area contributed by atoms with E-state index in [0.29, 0.717) is 13.0 Å². The van der Waals surface area contributed by atoms with Gasteiger partial charge in [0.25, 0.3) is 0 Å². The van der Waals surface area contributed by atoms with E-state index in [-0.39, 0.29) is 12.5 Å². The summed E-state index contributed by atoms with van der Waals surface area (Å²) in [5, 5.41) is 2.92. The first-order valence-corrected chi connectivity index (χ1v) is 4.22. The van der Waals surface area contributed by atoms with Crippen LogP contribution in [0.5, 0.6) is 0 Å². The lowest BCUT2D eigenvalue weighted by atomic mass is 10.2. The maximum absolute atomic E-state index is 11.7. The molecule has 0 aliphatic heterocycles. The van der Waals surface area contributed by atoms with Crippen molar-refractivity contribution in [2.75, 3.05) is 6.54 Å². The molecule has 1 atom stereocenters. The number of nitrogens with one attached hydrogen (secondary N) is 1. The monoisotopic (exact) mass is 193 g/mol. The molecule has 0 saturated carbocycles. The van der Waals surface area contributed by atoms with Crippen molar-refractivity contribution >= 4 is 0 Å². The number of hydrogen-bond acceptors (Lipinski definition) is 1. The highest BCUT2D eigenvalue weighted by molar-refractivity contribution is 4.95. The van der Waals surface area contributed by atoms with Crippen LogP contribution >= 0.6 is 0 Å². The minimum Gasteiger partial charge on any atom is -0.304 e. The van der Waals surface area contributed by atoms with Gasteiger partial charge in [0.05, 0.1) is 6.04 Å². The summed E-state index contributed by atoms with van der Waals surface area (Å²) < 4.78 is 35.0. The SMILES string of the molecule is C#CC(C)NCCCCC(F)(F)F. The first kappa shape index (κ1) is 12.3. The second-order valence-corrected chi connectivity index (χ2v) is 2.91. The van der Waals surface area contributed by atoms with Gasteiger partial charge in [-0.3, -0.25) is 0 Å². The Hall–Kier alpha value is -0.690. The second kappa shape index (κ2) is 5.87. The molecule has 0 aromatic carbocycles. The van der Waals surface area contributed by atoms with E-state index in [4.69, 9.17) is 6.42 Å². The van der Waals surface area contributed by atoms with Crippen LogP contribution < -0.4 is 5.32 Å². The van der Waals surface area contributed by atoms with Crippen LogP contribution in [0.4, 0.5) is 13.2 Å². The molecule has 0 radical (unpaired) electrons. The lowest BCUT2D eigenvalue weighted by molar-refractivity contribution is -0.135. The van der Waals surface area contributed by atoms with Crippen molar-refractivity contribution in [1.29, 1.82) is 0 Å². The molecule has 4 heteroatoms. The Morgan fingerprint density at radius 2 is 2.00 bits per heavy atom. The van der Waals surface area contributed by atoms with Gasteiger partial charge in [0.1, 0.15) is 0 Å². The van der Waals surface area contributed by atoms with Gasteiger partial charge in [-0.15, -0.1) is 6.42 Å². The van der Waals surface area contributed by atoms with E-state index in [2.05, 4.69) is 11.2 Å². The van der Waals surface area contributed by atoms with Gasteiger partial charge in [0.15, 0.2) is 0 Å². The fraction of sp³-hybridized carbons (Fsp3) is 0.778. The molecular formula is C9H14F3N. The van der Waals surface area contributed by atoms with E-state index in [0.717, 1.165) is 0 Å². The van der Waals surface area contributed by atoms with Gasteiger partial charge in [0, 0.05) is 6.42 Å². The molecule has 0 rings (SSSR count). The second-order valence-electron chi connectivity index (χ2n) is 2.91. The van der Waals surface area contributed by atoms with Gasteiger partial charge >= 0.3 is 6.18 Å². The molecule has 0 aliphatic carbocycles. The molecule has 0 saturated heterocycles. The zero-order valence-corrected chi connectivity index (χ0v) is 7.62. The molecule has 0 amide bonds. The van der Waals surface area contributed by atoms with Crippen LogP contribution in [0.3, 0.4) is 0 Å². The van der Waals surface area contributed by atoms with Gasteiger partial charge in [-0.1, -0.05) is 5.92 Å². The van der Waals surface area contributed by atoms with Crippen molar-refractivity contribution in [2.45, 2.75) is 38.4 Å². The third-order valence-corrected chi connectivity index (χ3v) is 1.59. The summed E-state index contributed by atoms with van der Waals surface area (Å²) in [6.45, 7) is 2.34. The van der Waals surface area contributed by atoms with Gasteiger partial charge in [0.2, 0.25) is 0 Å². The van der Waals surface area contributed by atoms with Crippen molar-refractivity contribution < 1.29 is 13.2 Å². The average molecular weight is 193 g/mol. The van der Waals surface area contributed by atoms with Crippen molar-refractivity contribution in [3.63, 3.8) is 0 Å². The number of unbranched alkanes of at least 4 members (excludes halogenated alkanes) is 1. The molecule has 0 heterocycles. The lowest BCUT2D eigenvalue weighted by Crippen LogP contribution is -2.25. The maximum Gasteiger partial charge on any atom is 0.389 e. The van der Waals surface area contributed by atoms with Crippen LogP contribution in [0.2, 0.25) is 0 Å². The Labute approximate surface area is 76.7 Å². The fourth-order valence-electron chi connectivity index (χ4n) is 0.828. The van der Waals surface area contributed by atoms with E-state index < -0.39 is 12.6 Å². The molecule has 1 nitrogen and oxygen atoms in total. The predicted molar refractivity (Wildman–Crippen MR) is 46.2 cm³/mol. The topological polar surface area (TPSA) is 12.0 Å². The lowest BCUT2D eigenvalue weighted by Gasteiger charge is -2.08. The molecule has 76 valence electrons. The summed E-state index contributed by atoms with van der Waals surface area (Å²) in [6, 6.07) is -0.0640. The highest BCUT2D eigenvalue weighted by atomic mass is 19.4. The largest absolute Gasteiger partial charge is 0.389 e. The minimum atomic E-state index is -4.03. The molecule has 0 bridgehead atoms. The summed E-state index contributed by atoms with van der Waals surface area (Å²) in [5.74, 6) is 2.44. The normalized spacial score (nSPS) is 13.8. The number of rotatable bonds is 5. The Morgan fingerprint density at radius 3 is 2.46 bits per heavy atom. The number of halogens is 3. The Balaban J connectivity index is 3.24. The van der Waals surface area contributed by atoms with Gasteiger partial charge < -0.3 is 5.32 Å². The van der Waals surface area contributed by atoms with E-state index in [9.17, 15) is 13.2 Å². The molecule has 1 N–H and O–H groups in total. The Kier molecular flexibility index (Phi) is 5.56. The smallest absolute Gasteiger partial charge is 0.304 e. The Bertz CT molecular complexity index is 169. The predicted octanol–water partition coefficient (Wildman–Crippen LogP) is 2.33. The zero-order chi connectivity index (χ0) is 10.3. The molecule has 0 aromatic heterocycles. The van der Waals surface area contributed by atoms with Crippen molar-refractivity contribution in [3.05, 3.63) is 0 Å². The fourth-order valence-corrected chi connectivity index (χ4v) is 0.828. The number of hydrogen-bond donors (Lipinski definition) is 1. The number of alkyl halides is 3. The van der Waals surface area contributed by atoms with Crippen molar-refractivity contribution in [3.8, 4) is 12.3 Å². The van der Waals surface area contributed by atoms with Crippen LogP contribution in [0.25, 0.3) is 0 Å². The molecule has 0 aromatic rings. The summed E-state index contributed by atoms with van der Waals surface area (Å²) in [6.07, 6.45) is 0.990. The molecule has 0 fully saturated rings. The zero-order valence-electron chi connectivity index (χ0n) is 7.62. The van der Waals surface area contributed by atoms with Crippen LogP contribution in [0.15, 0.2) is 0 Å². The maximum atomic E-state index is 11.7. The van der Waals surface area contributed by atoms with Crippen molar-refractivity contribution in [1.82, 2.24) is 5.32 Å². The first-order chi connectivity index (χ1) is 5.95. The summed E-state index contributed by atoms with van der Waals surface area (Å²) in [4.78, 5) is 0. The van der Waals surface area contributed by atoms with Gasteiger partial charge in [-0.25, -0.2) is 0 Å². The first-order valence-electron chi connectivity index (χ1n) is 4.22. The van der Waals surface area contributed by atoms with Gasteiger partial charge in [-0.2, -0.15) is 13.2 Å². The van der Waals surface area contributed by atoms with E-state index in [1.165, 1.54) is 0 Å². The summed E-state index contributed by atoms with van der Waals surface area (Å²) >= 11 is 0. The van der Waals surface area contributed by atoms with Crippen LogP contribution in [-0.4, -0.2) is 18.8 Å². The van der Waals surface area contributed by atoms with Crippen LogP contribution in [0, 0.1) is 12.3 Å². The highest BCUT2D eigenvalue weighted by Gasteiger charge is 2.25. The highest BCUT2D eigenvalue weighted by Crippen LogP contribution is 2.21. The van der Waals surface area contributed by atoms with E-state index in [1.54, 1.807) is 6.92 Å². The average Bonchev–Trinajstić information content (AvgIpc) is 2.01. The quantitative estimate of drug-likeness (QED) is 0.522. The van der Waals surface area contributed by atoms with Crippen molar-refractivity contribution in [2.24, 2.45) is 0 Å². The number of terminal acetylenes is 1. The Morgan fingerprint density at radius 1 is 1.38 bits per heavy atom. The van der Waals surface area contributed by atoms with Crippen LogP contribution in [0.1, 0.15) is 26.2 Å². The minimum absolute atomic E-state index is 0.0640. The van der Waals surface area contributed by atoms with Crippen LogP contribution in [-0.2, 0) is 0 Å². The summed E-state index contributed by atoms with van der Waals surface area (Å²) in [7, 11) is 0. The molecule has 1 unspecified atom stereocenters. The third-order valence-electron chi connectivity index (χ3n) is 1.59. The molecule has 0 aliphatic rings. The van der Waals surface area contributed by atoms with Gasteiger partial charge in [-0.05, 0) is 26.3 Å². The third kappa shape index (κ3) is 9.22. The van der Waals surface area contributed by atoms with E-state index >= 15 is 0 Å². The van der Waals surface area contributed by atoms with E-state index in [1.807, 2.05) is 0 Å². The molecule has 13 heavy (non-hydrogen) atoms.